The van der Waals surface area contributed by atoms with E-state index < -0.39 is 0 Å². The first-order valence-electron chi connectivity index (χ1n) is 3.18. The number of hydrogen-bond acceptors (Lipinski definition) is 3. The first-order chi connectivity index (χ1) is 4.33. The molecule has 1 heterocycles. The van der Waals surface area contributed by atoms with Gasteiger partial charge >= 0.3 is 0 Å². The first kappa shape index (κ1) is 6.99. The molecule has 0 N–H and O–H groups in total. The van der Waals surface area contributed by atoms with Crippen molar-refractivity contribution >= 4 is 0 Å². The van der Waals surface area contributed by atoms with Gasteiger partial charge in [-0.05, 0) is 7.05 Å². The number of nitrogens with zero attached hydrogens (tertiary/aromatic N) is 2. The van der Waals surface area contributed by atoms with E-state index in [0.29, 0.717) is 0 Å². The van der Waals surface area contributed by atoms with Crippen LogP contribution in [0.2, 0.25) is 0 Å². The van der Waals surface area contributed by atoms with Crippen LogP contribution < -0.4 is 0 Å². The second kappa shape index (κ2) is 3.15. The molecule has 3 nitrogen and oxygen atoms in total. The average molecular weight is 129 g/mol. The highest BCUT2D eigenvalue weighted by Crippen LogP contribution is 1.97. The van der Waals surface area contributed by atoms with E-state index in [2.05, 4.69) is 19.1 Å². The Morgan fingerprint density at radius 2 is 1.78 bits per heavy atom. The zero-order chi connectivity index (χ0) is 6.69. The minimum Gasteiger partial charge on any atom is -0.304 e. The SMILES string of the molecule is [CH2]ON1CCN(C)CC1. The van der Waals surface area contributed by atoms with Crippen LogP contribution in [0.5, 0.6) is 0 Å². The second-order valence-electron chi connectivity index (χ2n) is 2.36. The molecule has 0 aromatic heterocycles. The number of hydrogen-bond donors (Lipinski definition) is 0. The molecule has 1 fully saturated rings. The molecular formula is C6H13N2O. The Hall–Kier alpha value is -0.120. The maximum atomic E-state index is 4.80. The van der Waals surface area contributed by atoms with Crippen molar-refractivity contribution in [2.24, 2.45) is 0 Å². The van der Waals surface area contributed by atoms with Gasteiger partial charge in [-0.3, -0.25) is 4.84 Å². The monoisotopic (exact) mass is 129 g/mol. The number of likely N-dealkylation sites (N-methyl/N-ethyl adjacent to an activating group) is 1. The van der Waals surface area contributed by atoms with Crippen LogP contribution in [-0.2, 0) is 4.84 Å². The van der Waals surface area contributed by atoms with Crippen LogP contribution in [-0.4, -0.2) is 43.2 Å². The van der Waals surface area contributed by atoms with Crippen LogP contribution in [0.4, 0.5) is 0 Å². The minimum atomic E-state index is 0.972. The topological polar surface area (TPSA) is 15.7 Å². The van der Waals surface area contributed by atoms with Crippen molar-refractivity contribution in [3.05, 3.63) is 7.11 Å². The smallest absolute Gasteiger partial charge is 0.0939 e. The molecule has 1 rings (SSSR count). The lowest BCUT2D eigenvalue weighted by atomic mass is 10.4. The van der Waals surface area contributed by atoms with Gasteiger partial charge in [-0.15, -0.1) is 0 Å². The fraction of sp³-hybridized carbons (Fsp3) is 0.833. The molecule has 0 atom stereocenters. The quantitative estimate of drug-likeness (QED) is 0.494. The Labute approximate surface area is 56.1 Å². The molecule has 9 heavy (non-hydrogen) atoms. The van der Waals surface area contributed by atoms with Crippen LogP contribution in [0.25, 0.3) is 0 Å². The van der Waals surface area contributed by atoms with Gasteiger partial charge in [-0.2, -0.15) is 5.06 Å². The second-order valence-corrected chi connectivity index (χ2v) is 2.36. The molecule has 1 saturated heterocycles. The van der Waals surface area contributed by atoms with Crippen molar-refractivity contribution in [1.82, 2.24) is 9.96 Å². The highest BCUT2D eigenvalue weighted by atomic mass is 16.7. The lowest BCUT2D eigenvalue weighted by Crippen LogP contribution is -2.43. The summed E-state index contributed by atoms with van der Waals surface area (Å²) in [6, 6.07) is 0. The molecule has 53 valence electrons. The fourth-order valence-corrected chi connectivity index (χ4v) is 0.917. The maximum Gasteiger partial charge on any atom is 0.0939 e. The number of hydroxylamine groups is 2. The van der Waals surface area contributed by atoms with E-state index in [0.717, 1.165) is 26.2 Å². The van der Waals surface area contributed by atoms with Crippen molar-refractivity contribution in [2.45, 2.75) is 0 Å². The van der Waals surface area contributed by atoms with Gasteiger partial charge in [-0.25, -0.2) is 0 Å². The molecule has 3 heteroatoms. The van der Waals surface area contributed by atoms with Gasteiger partial charge < -0.3 is 4.90 Å². The molecular weight excluding hydrogens is 116 g/mol. The first-order valence-corrected chi connectivity index (χ1v) is 3.18. The Morgan fingerprint density at radius 3 is 2.22 bits per heavy atom. The molecule has 1 radical (unpaired) electrons. The van der Waals surface area contributed by atoms with Crippen LogP contribution in [0.1, 0.15) is 0 Å². The van der Waals surface area contributed by atoms with Gasteiger partial charge in [0.2, 0.25) is 0 Å². The highest BCUT2D eigenvalue weighted by molar-refractivity contribution is 4.62. The maximum absolute atomic E-state index is 4.80. The number of piperazine rings is 1. The van der Waals surface area contributed by atoms with Crippen molar-refractivity contribution in [3.8, 4) is 0 Å². The summed E-state index contributed by atoms with van der Waals surface area (Å²) < 4.78 is 0. The van der Waals surface area contributed by atoms with E-state index in [1.807, 2.05) is 5.06 Å². The van der Waals surface area contributed by atoms with E-state index >= 15 is 0 Å². The molecule has 0 aromatic rings. The Morgan fingerprint density at radius 1 is 1.22 bits per heavy atom. The zero-order valence-electron chi connectivity index (χ0n) is 5.84. The minimum absolute atomic E-state index is 0.972. The molecule has 0 saturated carbocycles. The third kappa shape index (κ3) is 1.93. The number of rotatable bonds is 1. The predicted molar refractivity (Wildman–Crippen MR) is 35.5 cm³/mol. The summed E-state index contributed by atoms with van der Waals surface area (Å²) in [5, 5.41) is 1.88. The average Bonchev–Trinajstić information content (AvgIpc) is 1.90. The molecule has 1 aliphatic heterocycles. The van der Waals surface area contributed by atoms with Gasteiger partial charge in [0.05, 0.1) is 7.11 Å². The van der Waals surface area contributed by atoms with Gasteiger partial charge in [-0.1, -0.05) is 0 Å². The van der Waals surface area contributed by atoms with Crippen molar-refractivity contribution in [1.29, 1.82) is 0 Å². The summed E-state index contributed by atoms with van der Waals surface area (Å²) in [7, 11) is 5.45. The molecule has 0 unspecified atom stereocenters. The van der Waals surface area contributed by atoms with Crippen LogP contribution >= 0.6 is 0 Å². The third-order valence-electron chi connectivity index (χ3n) is 1.64. The highest BCUT2D eigenvalue weighted by Gasteiger charge is 2.11. The lowest BCUT2D eigenvalue weighted by molar-refractivity contribution is -0.128. The van der Waals surface area contributed by atoms with E-state index in [1.165, 1.54) is 0 Å². The Bertz CT molecular complexity index is 79.1. The molecule has 0 aliphatic carbocycles. The van der Waals surface area contributed by atoms with Crippen molar-refractivity contribution in [3.63, 3.8) is 0 Å². The van der Waals surface area contributed by atoms with Crippen LogP contribution in [0.15, 0.2) is 0 Å². The van der Waals surface area contributed by atoms with E-state index in [-0.39, 0.29) is 0 Å². The van der Waals surface area contributed by atoms with E-state index in [1.54, 1.807) is 0 Å². The summed E-state index contributed by atoms with van der Waals surface area (Å²) >= 11 is 0. The summed E-state index contributed by atoms with van der Waals surface area (Å²) in [5.41, 5.74) is 0. The zero-order valence-corrected chi connectivity index (χ0v) is 5.84. The largest absolute Gasteiger partial charge is 0.304 e. The van der Waals surface area contributed by atoms with Gasteiger partial charge in [0.25, 0.3) is 0 Å². The van der Waals surface area contributed by atoms with E-state index in [4.69, 9.17) is 4.84 Å². The summed E-state index contributed by atoms with van der Waals surface area (Å²) in [6.07, 6.45) is 0. The van der Waals surface area contributed by atoms with E-state index in [9.17, 15) is 0 Å². The molecule has 0 amide bonds. The Balaban J connectivity index is 2.18. The van der Waals surface area contributed by atoms with Gasteiger partial charge in [0.15, 0.2) is 0 Å². The fourth-order valence-electron chi connectivity index (χ4n) is 0.917. The predicted octanol–water partition coefficient (Wildman–Crippen LogP) is -0.0430. The summed E-state index contributed by atoms with van der Waals surface area (Å²) in [4.78, 5) is 7.07. The van der Waals surface area contributed by atoms with Crippen molar-refractivity contribution in [2.75, 3.05) is 33.2 Å². The van der Waals surface area contributed by atoms with Gasteiger partial charge in [0, 0.05) is 26.2 Å². The molecule has 0 spiro atoms. The molecule has 0 bridgehead atoms. The van der Waals surface area contributed by atoms with Gasteiger partial charge in [0.1, 0.15) is 0 Å². The molecule has 1 aliphatic rings. The standard InChI is InChI=1S/C6H13N2O/c1-7-3-5-8(9-2)6-4-7/h2-6H2,1H3. The normalized spacial score (nSPS) is 24.7. The lowest BCUT2D eigenvalue weighted by Gasteiger charge is -2.29. The van der Waals surface area contributed by atoms with Crippen LogP contribution in [0.3, 0.4) is 0 Å². The van der Waals surface area contributed by atoms with Crippen LogP contribution in [0, 0.1) is 7.11 Å². The third-order valence-corrected chi connectivity index (χ3v) is 1.64. The summed E-state index contributed by atoms with van der Waals surface area (Å²) in [6.45, 7) is 4.10. The Kier molecular flexibility index (Phi) is 2.45. The van der Waals surface area contributed by atoms with Crippen molar-refractivity contribution < 1.29 is 4.84 Å². The summed E-state index contributed by atoms with van der Waals surface area (Å²) in [5.74, 6) is 0. The molecule has 0 aromatic carbocycles.